The molecule has 1 aromatic carbocycles. The fraction of sp³-hybridized carbons (Fsp3) is 0.158. The van der Waals surface area contributed by atoms with Crippen LogP contribution in [-0.2, 0) is 16.0 Å². The Morgan fingerprint density at radius 1 is 1.15 bits per heavy atom. The van der Waals surface area contributed by atoms with Gasteiger partial charge in [-0.2, -0.15) is 0 Å². The van der Waals surface area contributed by atoms with Gasteiger partial charge in [0.25, 0.3) is 0 Å². The number of ketones is 1. The molecule has 0 spiro atoms. The standard InChI is InChI=1S/C15H14N2O2.C4H4O4/c1-10-13(17-9-16-10)6-7-14(18)15-12-5-3-2-4-11(12)8-19-15;5-3(6)1-2-4(7)8/h2-5,8-9H,6-7H2,1H3,(H,16,17);1-2H,(H,5,6)(H,7,8). The number of rotatable bonds is 6. The van der Waals surface area contributed by atoms with Gasteiger partial charge >= 0.3 is 11.9 Å². The number of carbonyl (C=O) groups excluding carboxylic acids is 1. The Hall–Kier alpha value is -3.68. The third kappa shape index (κ3) is 5.67. The highest BCUT2D eigenvalue weighted by molar-refractivity contribution is 6.05. The summed E-state index contributed by atoms with van der Waals surface area (Å²) in [7, 11) is 0. The number of furan rings is 1. The number of carboxylic acids is 2. The van der Waals surface area contributed by atoms with Gasteiger partial charge < -0.3 is 19.6 Å². The second-order valence-corrected chi connectivity index (χ2v) is 5.56. The van der Waals surface area contributed by atoms with Crippen LogP contribution in [0.25, 0.3) is 10.8 Å². The normalized spacial score (nSPS) is 10.6. The Morgan fingerprint density at radius 2 is 1.81 bits per heavy atom. The highest BCUT2D eigenvalue weighted by Gasteiger charge is 2.15. The zero-order valence-electron chi connectivity index (χ0n) is 14.5. The molecule has 8 nitrogen and oxygen atoms in total. The zero-order valence-corrected chi connectivity index (χ0v) is 14.5. The van der Waals surface area contributed by atoms with Crippen LogP contribution in [0, 0.1) is 6.92 Å². The molecule has 0 amide bonds. The van der Waals surface area contributed by atoms with Crippen molar-refractivity contribution in [3.8, 4) is 0 Å². The van der Waals surface area contributed by atoms with Crippen molar-refractivity contribution in [3.05, 3.63) is 66.2 Å². The van der Waals surface area contributed by atoms with E-state index < -0.39 is 11.9 Å². The number of hydrogen-bond acceptors (Lipinski definition) is 5. The van der Waals surface area contributed by atoms with E-state index in [9.17, 15) is 14.4 Å². The van der Waals surface area contributed by atoms with E-state index in [4.69, 9.17) is 14.6 Å². The van der Waals surface area contributed by atoms with Crippen LogP contribution >= 0.6 is 0 Å². The van der Waals surface area contributed by atoms with E-state index in [2.05, 4.69) is 9.97 Å². The number of hydrogen-bond donors (Lipinski definition) is 3. The molecule has 140 valence electrons. The molecule has 0 fully saturated rings. The fourth-order valence-electron chi connectivity index (χ4n) is 2.34. The van der Waals surface area contributed by atoms with Crippen molar-refractivity contribution in [1.29, 1.82) is 0 Å². The van der Waals surface area contributed by atoms with Gasteiger partial charge in [0, 0.05) is 35.0 Å². The first-order chi connectivity index (χ1) is 12.9. The van der Waals surface area contributed by atoms with Crippen LogP contribution in [0.3, 0.4) is 0 Å². The average molecular weight is 370 g/mol. The molecule has 8 heteroatoms. The number of fused-ring (bicyclic) bond motifs is 1. The molecule has 0 radical (unpaired) electrons. The molecular formula is C19H18N2O6. The minimum Gasteiger partial charge on any atom is -0.478 e. The predicted molar refractivity (Wildman–Crippen MR) is 96.6 cm³/mol. The van der Waals surface area contributed by atoms with Gasteiger partial charge in [-0.25, -0.2) is 14.6 Å². The van der Waals surface area contributed by atoms with Gasteiger partial charge in [0.2, 0.25) is 0 Å². The minimum atomic E-state index is -1.26. The Labute approximate surface area is 154 Å². The summed E-state index contributed by atoms with van der Waals surface area (Å²) in [6, 6.07) is 7.69. The molecule has 2 aromatic heterocycles. The summed E-state index contributed by atoms with van der Waals surface area (Å²) in [5.41, 5.74) is 1.95. The number of Topliss-reactive ketones (excluding diaryl/α,β-unsaturated/α-hetero) is 1. The maximum Gasteiger partial charge on any atom is 0.328 e. The molecule has 0 bridgehead atoms. The van der Waals surface area contributed by atoms with Gasteiger partial charge in [-0.3, -0.25) is 4.79 Å². The Kier molecular flexibility index (Phi) is 6.65. The molecule has 0 unspecified atom stereocenters. The van der Waals surface area contributed by atoms with Crippen LogP contribution in [0.1, 0.15) is 28.4 Å². The molecular weight excluding hydrogens is 352 g/mol. The molecule has 3 rings (SSSR count). The molecule has 2 heterocycles. The summed E-state index contributed by atoms with van der Waals surface area (Å²) < 4.78 is 5.40. The molecule has 3 N–H and O–H groups in total. The number of nitrogens with one attached hydrogen (secondary N) is 1. The van der Waals surface area contributed by atoms with Gasteiger partial charge in [0.05, 0.1) is 18.3 Å². The number of aliphatic carboxylic acids is 2. The van der Waals surface area contributed by atoms with E-state index in [1.165, 1.54) is 0 Å². The van der Waals surface area contributed by atoms with Gasteiger partial charge in [-0.1, -0.05) is 24.3 Å². The lowest BCUT2D eigenvalue weighted by Crippen LogP contribution is -2.01. The van der Waals surface area contributed by atoms with Gasteiger partial charge in [-0.15, -0.1) is 0 Å². The molecule has 27 heavy (non-hydrogen) atoms. The molecule has 0 saturated carbocycles. The number of carbonyl (C=O) groups is 3. The van der Waals surface area contributed by atoms with Crippen LogP contribution in [0.2, 0.25) is 0 Å². The lowest BCUT2D eigenvalue weighted by molar-refractivity contribution is -0.134. The van der Waals surface area contributed by atoms with Gasteiger partial charge in [-0.05, 0) is 13.3 Å². The number of carboxylic acid groups (broad SMARTS) is 2. The van der Waals surface area contributed by atoms with Crippen LogP contribution in [0.5, 0.6) is 0 Å². The van der Waals surface area contributed by atoms with Crippen LogP contribution in [-0.4, -0.2) is 37.9 Å². The first-order valence-corrected chi connectivity index (χ1v) is 8.00. The number of aromatic nitrogens is 2. The molecule has 0 aliphatic heterocycles. The molecule has 3 aromatic rings. The Balaban J connectivity index is 0.000000279. The van der Waals surface area contributed by atoms with Crippen LogP contribution < -0.4 is 0 Å². The van der Waals surface area contributed by atoms with Crippen molar-refractivity contribution in [2.24, 2.45) is 0 Å². The van der Waals surface area contributed by atoms with Crippen molar-refractivity contribution in [2.75, 3.05) is 0 Å². The average Bonchev–Trinajstić information content (AvgIpc) is 3.24. The summed E-state index contributed by atoms with van der Waals surface area (Å²) >= 11 is 0. The SMILES string of the molecule is Cc1[nH]cnc1CCC(=O)c1occ2ccccc12.O=C(O)C=CC(=O)O. The summed E-state index contributed by atoms with van der Waals surface area (Å²) in [6.45, 7) is 1.95. The van der Waals surface area contributed by atoms with Crippen molar-refractivity contribution in [2.45, 2.75) is 19.8 Å². The number of nitrogens with zero attached hydrogens (tertiary/aromatic N) is 1. The maximum absolute atomic E-state index is 12.2. The third-order valence-electron chi connectivity index (χ3n) is 3.65. The maximum atomic E-state index is 12.2. The summed E-state index contributed by atoms with van der Waals surface area (Å²) in [6.07, 6.45) is 5.43. The number of imidazole rings is 1. The first-order valence-electron chi connectivity index (χ1n) is 8.00. The monoisotopic (exact) mass is 370 g/mol. The second-order valence-electron chi connectivity index (χ2n) is 5.56. The van der Waals surface area contributed by atoms with E-state index in [1.807, 2.05) is 31.2 Å². The van der Waals surface area contributed by atoms with Crippen LogP contribution in [0.4, 0.5) is 0 Å². The number of aromatic amines is 1. The van der Waals surface area contributed by atoms with E-state index in [1.54, 1.807) is 12.6 Å². The lowest BCUT2D eigenvalue weighted by atomic mass is 10.1. The van der Waals surface area contributed by atoms with Gasteiger partial charge in [0.15, 0.2) is 11.5 Å². The van der Waals surface area contributed by atoms with Crippen molar-refractivity contribution in [3.63, 3.8) is 0 Å². The highest BCUT2D eigenvalue weighted by Crippen LogP contribution is 2.22. The molecule has 0 atom stereocenters. The minimum absolute atomic E-state index is 0.0172. The molecule has 0 aliphatic carbocycles. The van der Waals surface area contributed by atoms with Crippen LogP contribution in [0.15, 0.2) is 53.4 Å². The first kappa shape index (κ1) is 19.6. The van der Waals surface area contributed by atoms with Crippen molar-refractivity contribution < 1.29 is 29.0 Å². The third-order valence-corrected chi connectivity index (χ3v) is 3.65. The zero-order chi connectivity index (χ0) is 19.8. The quantitative estimate of drug-likeness (QED) is 0.448. The van der Waals surface area contributed by atoms with Gasteiger partial charge in [0.1, 0.15) is 0 Å². The molecule has 0 saturated heterocycles. The van der Waals surface area contributed by atoms with E-state index in [0.717, 1.165) is 22.2 Å². The highest BCUT2D eigenvalue weighted by atomic mass is 16.4. The second kappa shape index (κ2) is 9.14. The van der Waals surface area contributed by atoms with E-state index in [-0.39, 0.29) is 5.78 Å². The predicted octanol–water partition coefficient (Wildman–Crippen LogP) is 2.99. The van der Waals surface area contributed by atoms with Crippen molar-refractivity contribution >= 4 is 28.5 Å². The van der Waals surface area contributed by atoms with E-state index >= 15 is 0 Å². The summed E-state index contributed by atoms with van der Waals surface area (Å²) in [4.78, 5) is 38.5. The Morgan fingerprint density at radius 3 is 2.41 bits per heavy atom. The topological polar surface area (TPSA) is 133 Å². The number of aryl methyl sites for hydroxylation is 2. The Bertz CT molecular complexity index is 967. The smallest absolute Gasteiger partial charge is 0.328 e. The fourth-order valence-corrected chi connectivity index (χ4v) is 2.34. The van der Waals surface area contributed by atoms with Crippen molar-refractivity contribution in [1.82, 2.24) is 9.97 Å². The number of benzene rings is 1. The molecule has 0 aliphatic rings. The lowest BCUT2D eigenvalue weighted by Gasteiger charge is -1.98. The summed E-state index contributed by atoms with van der Waals surface area (Å²) in [5, 5.41) is 17.5. The largest absolute Gasteiger partial charge is 0.478 e. The number of H-pyrrole nitrogens is 1. The summed E-state index contributed by atoms with van der Waals surface area (Å²) in [5.74, 6) is -2.05. The van der Waals surface area contributed by atoms with E-state index in [0.29, 0.717) is 30.8 Å².